The van der Waals surface area contributed by atoms with Crippen LogP contribution in [-0.2, 0) is 16.1 Å². The third-order valence-corrected chi connectivity index (χ3v) is 2.65. The van der Waals surface area contributed by atoms with E-state index < -0.39 is 5.82 Å². The van der Waals surface area contributed by atoms with E-state index in [2.05, 4.69) is 0 Å². The Morgan fingerprint density at radius 2 is 2.31 bits per heavy atom. The molecule has 0 saturated carbocycles. The van der Waals surface area contributed by atoms with Crippen molar-refractivity contribution in [2.45, 2.75) is 12.7 Å². The summed E-state index contributed by atoms with van der Waals surface area (Å²) >= 11 is 4.76. The maximum Gasteiger partial charge on any atom is 0.138 e. The van der Waals surface area contributed by atoms with Gasteiger partial charge in [-0.15, -0.1) is 0 Å². The minimum Gasteiger partial charge on any atom is -0.389 e. The molecule has 0 radical (unpaired) electrons. The molecule has 0 unspecified atom stereocenters. The van der Waals surface area contributed by atoms with Crippen LogP contribution in [0.4, 0.5) is 4.39 Å². The summed E-state index contributed by atoms with van der Waals surface area (Å²) in [6.45, 7) is 1.38. The van der Waals surface area contributed by atoms with Gasteiger partial charge in [0, 0.05) is 11.1 Å². The van der Waals surface area contributed by atoms with Crippen molar-refractivity contribution in [2.75, 3.05) is 13.2 Å². The van der Waals surface area contributed by atoms with E-state index in [4.69, 9.17) is 27.4 Å². The second kappa shape index (κ2) is 4.86. The molecule has 0 amide bonds. The normalized spacial score (nSPS) is 15.8. The van der Waals surface area contributed by atoms with Gasteiger partial charge in [0.2, 0.25) is 0 Å². The van der Waals surface area contributed by atoms with Gasteiger partial charge in [-0.3, -0.25) is 0 Å². The van der Waals surface area contributed by atoms with Crippen molar-refractivity contribution < 1.29 is 13.9 Å². The van der Waals surface area contributed by atoms with Crippen molar-refractivity contribution in [3.8, 4) is 0 Å². The van der Waals surface area contributed by atoms with Gasteiger partial charge in [-0.05, 0) is 6.07 Å². The average Bonchev–Trinajstić information content (AvgIpc) is 2.17. The summed E-state index contributed by atoms with van der Waals surface area (Å²) in [6, 6.07) is 4.94. The molecule has 1 aromatic carbocycles. The molecule has 1 aliphatic heterocycles. The van der Waals surface area contributed by atoms with Gasteiger partial charge in [0.05, 0.1) is 19.8 Å². The molecule has 16 heavy (non-hydrogen) atoms. The minimum absolute atomic E-state index is 0.0614. The largest absolute Gasteiger partial charge is 0.389 e. The van der Waals surface area contributed by atoms with Crippen LogP contribution >= 0.6 is 12.2 Å². The molecule has 0 aromatic heterocycles. The molecular weight excluding hydrogens is 229 g/mol. The molecule has 0 aliphatic carbocycles. The monoisotopic (exact) mass is 241 g/mol. The number of hydrogen-bond donors (Lipinski definition) is 1. The van der Waals surface area contributed by atoms with Gasteiger partial charge in [-0.2, -0.15) is 0 Å². The third-order valence-electron chi connectivity index (χ3n) is 2.43. The molecule has 1 aliphatic rings. The van der Waals surface area contributed by atoms with Crippen molar-refractivity contribution in [3.63, 3.8) is 0 Å². The van der Waals surface area contributed by atoms with Crippen LogP contribution in [0.15, 0.2) is 18.2 Å². The van der Waals surface area contributed by atoms with Crippen LogP contribution in [0.3, 0.4) is 0 Å². The number of halogens is 1. The maximum atomic E-state index is 13.8. The van der Waals surface area contributed by atoms with Gasteiger partial charge in [0.1, 0.15) is 16.9 Å². The van der Waals surface area contributed by atoms with E-state index in [1.165, 1.54) is 0 Å². The number of rotatable bonds is 4. The lowest BCUT2D eigenvalue weighted by molar-refractivity contribution is -0.135. The van der Waals surface area contributed by atoms with Crippen LogP contribution in [0.2, 0.25) is 0 Å². The Bertz CT molecular complexity index is 407. The molecule has 1 fully saturated rings. The molecule has 1 heterocycles. The topological polar surface area (TPSA) is 44.5 Å². The Hall–Kier alpha value is -1.04. The molecule has 2 N–H and O–H groups in total. The fourth-order valence-electron chi connectivity index (χ4n) is 1.40. The fourth-order valence-corrected chi connectivity index (χ4v) is 1.56. The van der Waals surface area contributed by atoms with E-state index in [-0.39, 0.29) is 23.3 Å². The first-order chi connectivity index (χ1) is 7.68. The van der Waals surface area contributed by atoms with E-state index in [1.54, 1.807) is 18.2 Å². The smallest absolute Gasteiger partial charge is 0.138 e. The molecule has 1 aromatic rings. The molecule has 0 spiro atoms. The van der Waals surface area contributed by atoms with E-state index in [9.17, 15) is 4.39 Å². The second-order valence-electron chi connectivity index (χ2n) is 3.61. The Labute approximate surface area is 98.3 Å². The lowest BCUT2D eigenvalue weighted by atomic mass is 10.1. The standard InChI is InChI=1S/C11H12FNO2S/c12-10-7(4-15-8-5-14-6-8)2-1-3-9(10)11(13)16/h1-3,8H,4-6H2,(H2,13,16). The summed E-state index contributed by atoms with van der Waals surface area (Å²) in [6.07, 6.45) is 0.0767. The highest BCUT2D eigenvalue weighted by Gasteiger charge is 2.19. The number of hydrogen-bond acceptors (Lipinski definition) is 3. The predicted octanol–water partition coefficient (Wildman–Crippen LogP) is 1.38. The van der Waals surface area contributed by atoms with E-state index >= 15 is 0 Å². The van der Waals surface area contributed by atoms with Crippen molar-refractivity contribution in [2.24, 2.45) is 5.73 Å². The van der Waals surface area contributed by atoms with Gasteiger partial charge < -0.3 is 15.2 Å². The Morgan fingerprint density at radius 3 is 2.88 bits per heavy atom. The van der Waals surface area contributed by atoms with E-state index in [0.29, 0.717) is 18.8 Å². The zero-order valence-electron chi connectivity index (χ0n) is 8.61. The zero-order chi connectivity index (χ0) is 11.5. The SMILES string of the molecule is NC(=S)c1cccc(COC2COC2)c1F. The average molecular weight is 241 g/mol. The summed E-state index contributed by atoms with van der Waals surface area (Å²) in [5.74, 6) is -0.393. The van der Waals surface area contributed by atoms with Crippen molar-refractivity contribution >= 4 is 17.2 Å². The first kappa shape index (κ1) is 11.4. The molecule has 1 saturated heterocycles. The molecule has 0 bridgehead atoms. The summed E-state index contributed by atoms with van der Waals surface area (Å²) in [7, 11) is 0. The first-order valence-corrected chi connectivity index (χ1v) is 5.36. The number of ether oxygens (including phenoxy) is 2. The minimum atomic E-state index is -0.393. The van der Waals surface area contributed by atoms with Crippen molar-refractivity contribution in [3.05, 3.63) is 35.1 Å². The Kier molecular flexibility index (Phi) is 3.48. The lowest BCUT2D eigenvalue weighted by Crippen LogP contribution is -2.35. The summed E-state index contributed by atoms with van der Waals surface area (Å²) in [5, 5.41) is 0. The van der Waals surface area contributed by atoms with Crippen LogP contribution in [0.1, 0.15) is 11.1 Å². The lowest BCUT2D eigenvalue weighted by Gasteiger charge is -2.26. The highest BCUT2D eigenvalue weighted by molar-refractivity contribution is 7.80. The zero-order valence-corrected chi connectivity index (χ0v) is 9.43. The van der Waals surface area contributed by atoms with Gasteiger partial charge >= 0.3 is 0 Å². The van der Waals surface area contributed by atoms with Crippen LogP contribution < -0.4 is 5.73 Å². The van der Waals surface area contributed by atoms with Crippen LogP contribution in [-0.4, -0.2) is 24.3 Å². The third kappa shape index (κ3) is 2.37. The van der Waals surface area contributed by atoms with Crippen molar-refractivity contribution in [1.82, 2.24) is 0 Å². The molecule has 0 atom stereocenters. The second-order valence-corrected chi connectivity index (χ2v) is 4.05. The summed E-state index contributed by atoms with van der Waals surface area (Å²) in [4.78, 5) is 0.0614. The molecule has 5 heteroatoms. The van der Waals surface area contributed by atoms with Gasteiger partial charge in [0.25, 0.3) is 0 Å². The first-order valence-electron chi connectivity index (χ1n) is 4.95. The van der Waals surface area contributed by atoms with Gasteiger partial charge in [-0.1, -0.05) is 24.4 Å². The van der Waals surface area contributed by atoms with Crippen LogP contribution in [0.25, 0.3) is 0 Å². The van der Waals surface area contributed by atoms with Gasteiger partial charge in [0.15, 0.2) is 0 Å². The van der Waals surface area contributed by atoms with E-state index in [0.717, 1.165) is 0 Å². The Balaban J connectivity index is 2.07. The summed E-state index contributed by atoms with van der Waals surface area (Å²) < 4.78 is 24.2. The molecular formula is C11H12FNO2S. The number of thiocarbonyl (C=S) groups is 1. The van der Waals surface area contributed by atoms with E-state index in [1.807, 2.05) is 0 Å². The van der Waals surface area contributed by atoms with Crippen molar-refractivity contribution in [1.29, 1.82) is 0 Å². The number of nitrogens with two attached hydrogens (primary N) is 1. The number of benzene rings is 1. The highest BCUT2D eigenvalue weighted by atomic mass is 32.1. The quantitative estimate of drug-likeness (QED) is 0.809. The Morgan fingerprint density at radius 1 is 1.56 bits per heavy atom. The molecule has 3 nitrogen and oxygen atoms in total. The predicted molar refractivity (Wildman–Crippen MR) is 61.7 cm³/mol. The van der Waals surface area contributed by atoms with Gasteiger partial charge in [-0.25, -0.2) is 4.39 Å². The maximum absolute atomic E-state index is 13.8. The molecule has 2 rings (SSSR count). The van der Waals surface area contributed by atoms with Crippen LogP contribution in [0, 0.1) is 5.82 Å². The summed E-state index contributed by atoms with van der Waals surface area (Å²) in [5.41, 5.74) is 6.14. The molecule has 86 valence electrons. The highest BCUT2D eigenvalue weighted by Crippen LogP contribution is 2.16. The fraction of sp³-hybridized carbons (Fsp3) is 0.364. The van der Waals surface area contributed by atoms with Crippen LogP contribution in [0.5, 0.6) is 0 Å².